The van der Waals surface area contributed by atoms with E-state index in [2.05, 4.69) is 13.8 Å². The standard InChI is InChI=1S/C18H28Cl2O/c1-3-13-5-9-16(10-6-13)15(21)17(18(16,19)20)11-7-14(4-2)8-12-17/h13-14H,3-12H2,1-2H3. The second kappa shape index (κ2) is 5.41. The van der Waals surface area contributed by atoms with Gasteiger partial charge in [0.1, 0.15) is 4.33 Å². The van der Waals surface area contributed by atoms with Crippen molar-refractivity contribution < 1.29 is 4.79 Å². The molecule has 3 aliphatic carbocycles. The van der Waals surface area contributed by atoms with Crippen molar-refractivity contribution in [2.45, 2.75) is 82.4 Å². The molecule has 0 N–H and O–H groups in total. The van der Waals surface area contributed by atoms with Gasteiger partial charge in [-0.2, -0.15) is 0 Å². The van der Waals surface area contributed by atoms with E-state index in [1.54, 1.807) is 0 Å². The lowest BCUT2D eigenvalue weighted by Gasteiger charge is -2.67. The van der Waals surface area contributed by atoms with Gasteiger partial charge in [0.15, 0.2) is 5.78 Å². The molecule has 3 saturated carbocycles. The second-order valence-electron chi connectivity index (χ2n) is 7.77. The molecule has 3 rings (SSSR count). The zero-order valence-corrected chi connectivity index (χ0v) is 14.9. The normalized spacial score (nSPS) is 45.8. The van der Waals surface area contributed by atoms with Gasteiger partial charge in [-0.3, -0.25) is 4.79 Å². The van der Waals surface area contributed by atoms with Crippen molar-refractivity contribution in [3.05, 3.63) is 0 Å². The molecule has 0 amide bonds. The van der Waals surface area contributed by atoms with Crippen molar-refractivity contribution in [1.82, 2.24) is 0 Å². The summed E-state index contributed by atoms with van der Waals surface area (Å²) in [5, 5.41) is 0. The Morgan fingerprint density at radius 2 is 1.19 bits per heavy atom. The van der Waals surface area contributed by atoms with Gasteiger partial charge in [-0.05, 0) is 63.2 Å². The molecule has 3 fully saturated rings. The third-order valence-corrected chi connectivity index (χ3v) is 8.59. The molecule has 3 aliphatic rings. The summed E-state index contributed by atoms with van der Waals surface area (Å²) in [6, 6.07) is 0. The van der Waals surface area contributed by atoms with E-state index in [9.17, 15) is 4.79 Å². The Labute approximate surface area is 139 Å². The average molecular weight is 331 g/mol. The molecule has 0 aliphatic heterocycles. The zero-order valence-electron chi connectivity index (χ0n) is 13.4. The highest BCUT2D eigenvalue weighted by atomic mass is 35.5. The molecule has 0 bridgehead atoms. The molecule has 2 spiro atoms. The summed E-state index contributed by atoms with van der Waals surface area (Å²) in [6.45, 7) is 4.49. The van der Waals surface area contributed by atoms with E-state index in [0.29, 0.717) is 5.78 Å². The molecule has 0 unspecified atom stereocenters. The summed E-state index contributed by atoms with van der Waals surface area (Å²) in [7, 11) is 0. The first-order valence-electron chi connectivity index (χ1n) is 8.86. The fourth-order valence-corrected chi connectivity index (χ4v) is 6.48. The third kappa shape index (κ3) is 1.99. The molecule has 120 valence electrons. The number of halogens is 2. The van der Waals surface area contributed by atoms with E-state index >= 15 is 0 Å². The molecular weight excluding hydrogens is 303 g/mol. The smallest absolute Gasteiger partial charge is 0.151 e. The number of carbonyl (C=O) groups is 1. The summed E-state index contributed by atoms with van der Waals surface area (Å²) < 4.78 is -0.811. The van der Waals surface area contributed by atoms with Crippen molar-refractivity contribution >= 4 is 29.0 Å². The predicted octanol–water partition coefficient (Wildman–Crippen LogP) is 5.92. The highest BCUT2D eigenvalue weighted by Gasteiger charge is 2.78. The van der Waals surface area contributed by atoms with Gasteiger partial charge in [-0.15, -0.1) is 0 Å². The van der Waals surface area contributed by atoms with Gasteiger partial charge in [-0.1, -0.05) is 49.9 Å². The Morgan fingerprint density at radius 3 is 1.43 bits per heavy atom. The fraction of sp³-hybridized carbons (Fsp3) is 0.944. The maximum atomic E-state index is 13.2. The minimum atomic E-state index is -0.811. The summed E-state index contributed by atoms with van der Waals surface area (Å²) in [5.74, 6) is 1.95. The van der Waals surface area contributed by atoms with Crippen LogP contribution < -0.4 is 0 Å². The van der Waals surface area contributed by atoms with Gasteiger partial charge in [-0.25, -0.2) is 0 Å². The van der Waals surface area contributed by atoms with Crippen molar-refractivity contribution in [3.63, 3.8) is 0 Å². The monoisotopic (exact) mass is 330 g/mol. The lowest BCUT2D eigenvalue weighted by Crippen LogP contribution is -2.74. The zero-order chi connectivity index (χ0) is 15.3. The van der Waals surface area contributed by atoms with Crippen LogP contribution in [-0.2, 0) is 4.79 Å². The molecule has 0 heterocycles. The Balaban J connectivity index is 1.78. The maximum absolute atomic E-state index is 13.2. The molecule has 21 heavy (non-hydrogen) atoms. The topological polar surface area (TPSA) is 17.1 Å². The number of rotatable bonds is 2. The number of ketones is 1. The van der Waals surface area contributed by atoms with Crippen LogP contribution in [0.2, 0.25) is 0 Å². The Kier molecular flexibility index (Phi) is 4.15. The first-order valence-corrected chi connectivity index (χ1v) is 9.62. The van der Waals surface area contributed by atoms with Crippen molar-refractivity contribution in [3.8, 4) is 0 Å². The number of alkyl halides is 2. The number of Topliss-reactive ketones (excluding diaryl/α,β-unsaturated/α-hetero) is 1. The lowest BCUT2D eigenvalue weighted by molar-refractivity contribution is -0.172. The van der Waals surface area contributed by atoms with Crippen LogP contribution in [0, 0.1) is 22.7 Å². The van der Waals surface area contributed by atoms with Gasteiger partial charge in [0.25, 0.3) is 0 Å². The molecule has 0 aromatic rings. The van der Waals surface area contributed by atoms with Crippen LogP contribution in [-0.4, -0.2) is 10.1 Å². The van der Waals surface area contributed by atoms with Crippen LogP contribution in [0.3, 0.4) is 0 Å². The van der Waals surface area contributed by atoms with Gasteiger partial charge >= 0.3 is 0 Å². The van der Waals surface area contributed by atoms with Crippen LogP contribution >= 0.6 is 23.2 Å². The highest BCUT2D eigenvalue weighted by molar-refractivity contribution is 6.55. The van der Waals surface area contributed by atoms with Crippen LogP contribution in [0.15, 0.2) is 0 Å². The van der Waals surface area contributed by atoms with E-state index in [1.807, 2.05) is 0 Å². The summed E-state index contributed by atoms with van der Waals surface area (Å²) in [5.41, 5.74) is -0.832. The first kappa shape index (κ1) is 16.1. The number of hydrogen-bond acceptors (Lipinski definition) is 1. The molecule has 0 aromatic heterocycles. The SMILES string of the molecule is CCC1CCC2(CC1)C(=O)C1(CCC(CC)CC1)C2(Cl)Cl. The molecule has 0 radical (unpaired) electrons. The van der Waals surface area contributed by atoms with Crippen LogP contribution in [0.25, 0.3) is 0 Å². The van der Waals surface area contributed by atoms with Crippen LogP contribution in [0.4, 0.5) is 0 Å². The minimum Gasteiger partial charge on any atom is -0.298 e. The summed E-state index contributed by atoms with van der Waals surface area (Å²) in [4.78, 5) is 13.2. The van der Waals surface area contributed by atoms with Crippen molar-refractivity contribution in [2.24, 2.45) is 22.7 Å². The van der Waals surface area contributed by atoms with Gasteiger partial charge in [0.05, 0.1) is 10.8 Å². The minimum absolute atomic E-state index is 0.416. The maximum Gasteiger partial charge on any atom is 0.151 e. The summed E-state index contributed by atoms with van der Waals surface area (Å²) in [6.07, 6.45) is 10.6. The van der Waals surface area contributed by atoms with Crippen LogP contribution in [0.1, 0.15) is 78.1 Å². The van der Waals surface area contributed by atoms with E-state index in [1.165, 1.54) is 12.8 Å². The Hall–Kier alpha value is 0.250. The fourth-order valence-electron chi connectivity index (χ4n) is 5.38. The molecule has 0 saturated heterocycles. The van der Waals surface area contributed by atoms with Crippen molar-refractivity contribution in [1.29, 1.82) is 0 Å². The largest absolute Gasteiger partial charge is 0.298 e. The Morgan fingerprint density at radius 1 is 0.857 bits per heavy atom. The van der Waals surface area contributed by atoms with E-state index < -0.39 is 15.2 Å². The Bertz CT molecular complexity index is 377. The predicted molar refractivity (Wildman–Crippen MR) is 88.8 cm³/mol. The molecule has 3 heteroatoms. The number of carbonyl (C=O) groups excluding carboxylic acids is 1. The van der Waals surface area contributed by atoms with Gasteiger partial charge in [0, 0.05) is 0 Å². The average Bonchev–Trinajstić information content (AvgIpc) is 2.53. The van der Waals surface area contributed by atoms with E-state index in [0.717, 1.165) is 63.2 Å². The number of hydrogen-bond donors (Lipinski definition) is 0. The van der Waals surface area contributed by atoms with E-state index in [-0.39, 0.29) is 0 Å². The van der Waals surface area contributed by atoms with Crippen molar-refractivity contribution in [2.75, 3.05) is 0 Å². The highest BCUT2D eigenvalue weighted by Crippen LogP contribution is 2.74. The van der Waals surface area contributed by atoms with E-state index in [4.69, 9.17) is 23.2 Å². The molecule has 0 atom stereocenters. The van der Waals surface area contributed by atoms with Gasteiger partial charge < -0.3 is 0 Å². The summed E-state index contributed by atoms with van der Waals surface area (Å²) >= 11 is 13.8. The van der Waals surface area contributed by atoms with Gasteiger partial charge in [0.2, 0.25) is 0 Å². The molecular formula is C18H28Cl2O. The molecule has 1 nitrogen and oxygen atoms in total. The second-order valence-corrected chi connectivity index (χ2v) is 9.10. The quantitative estimate of drug-likeness (QED) is 0.574. The molecule has 0 aromatic carbocycles. The van der Waals surface area contributed by atoms with Crippen LogP contribution in [0.5, 0.6) is 0 Å². The lowest BCUT2D eigenvalue weighted by atomic mass is 9.42. The first-order chi connectivity index (χ1) is 9.93. The third-order valence-electron chi connectivity index (χ3n) is 7.14.